The lowest BCUT2D eigenvalue weighted by Crippen LogP contribution is -2.17. The van der Waals surface area contributed by atoms with Crippen LogP contribution in [0, 0.1) is 6.92 Å². The Morgan fingerprint density at radius 3 is 1.83 bits per heavy atom. The van der Waals surface area contributed by atoms with Gasteiger partial charge in [0, 0.05) is 5.56 Å². The minimum Gasteiger partial charge on any atom is -0.497 e. The molecule has 0 aliphatic heterocycles. The van der Waals surface area contributed by atoms with Gasteiger partial charge in [0.2, 0.25) is 0 Å². The molecule has 7 nitrogen and oxygen atoms in total. The molecule has 0 heterocycles. The van der Waals surface area contributed by atoms with Crippen LogP contribution in [0.2, 0.25) is 0 Å². The molecule has 0 spiro atoms. The summed E-state index contributed by atoms with van der Waals surface area (Å²) < 4.78 is 60.2. The molecule has 0 aliphatic rings. The van der Waals surface area contributed by atoms with Crippen LogP contribution < -0.4 is 4.74 Å². The highest BCUT2D eigenvalue weighted by Crippen LogP contribution is 2.54. The lowest BCUT2D eigenvalue weighted by Gasteiger charge is -2.24. The van der Waals surface area contributed by atoms with Crippen molar-refractivity contribution in [3.8, 4) is 5.75 Å². The van der Waals surface area contributed by atoms with Crippen LogP contribution in [0.5, 0.6) is 5.75 Å². The molecule has 2 aromatic carbocycles. The normalized spacial score (nSPS) is 13.1. The topological polar surface area (TPSA) is 91.3 Å². The average molecular weight is 453 g/mol. The van der Waals surface area contributed by atoms with Crippen LogP contribution in [0.25, 0.3) is 0 Å². The lowest BCUT2D eigenvalue weighted by atomic mass is 10.2. The van der Waals surface area contributed by atoms with E-state index in [0.717, 1.165) is 5.56 Å². The van der Waals surface area contributed by atoms with E-state index in [2.05, 4.69) is 4.40 Å². The van der Waals surface area contributed by atoms with Crippen molar-refractivity contribution in [1.29, 1.82) is 0 Å². The summed E-state index contributed by atoms with van der Waals surface area (Å²) in [4.78, 5) is -0.0141. The first-order valence-electron chi connectivity index (χ1n) is 9.50. The summed E-state index contributed by atoms with van der Waals surface area (Å²) in [5.41, 5.74) is 0.939. The van der Waals surface area contributed by atoms with Crippen LogP contribution in [0.15, 0.2) is 57.8 Å². The highest BCUT2D eigenvalue weighted by molar-refractivity contribution is 7.91. The largest absolute Gasteiger partial charge is 0.497 e. The summed E-state index contributed by atoms with van der Waals surface area (Å²) in [5.74, 6) is 0.559. The number of hydrogen-bond acceptors (Lipinski definition) is 6. The van der Waals surface area contributed by atoms with Crippen molar-refractivity contribution >= 4 is 23.1 Å². The van der Waals surface area contributed by atoms with Gasteiger partial charge in [-0.15, -0.1) is 0 Å². The van der Waals surface area contributed by atoms with E-state index in [9.17, 15) is 13.0 Å². The second kappa shape index (κ2) is 9.88. The second-order valence-corrected chi connectivity index (χ2v) is 10.7. The van der Waals surface area contributed by atoms with Crippen molar-refractivity contribution in [3.63, 3.8) is 0 Å². The zero-order valence-corrected chi connectivity index (χ0v) is 19.7. The second-order valence-electron chi connectivity index (χ2n) is 7.24. The minimum absolute atomic E-state index is 0.0141. The Morgan fingerprint density at radius 2 is 1.40 bits per heavy atom. The summed E-state index contributed by atoms with van der Waals surface area (Å²) in [5, 5.41) is 0. The SMILES string of the molecule is COc1ccc(/C(=N\S(=O)(=O)c2ccc(C)cc2)P(=O)(OC(C)C)OC(C)C)cc1. The van der Waals surface area contributed by atoms with Crippen LogP contribution in [0.1, 0.15) is 38.8 Å². The minimum atomic E-state index is -4.17. The zero-order chi connectivity index (χ0) is 22.5. The lowest BCUT2D eigenvalue weighted by molar-refractivity contribution is 0.152. The Balaban J connectivity index is 2.71. The maximum Gasteiger partial charge on any atom is 0.381 e. The van der Waals surface area contributed by atoms with E-state index in [1.807, 2.05) is 6.92 Å². The smallest absolute Gasteiger partial charge is 0.381 e. The fourth-order valence-electron chi connectivity index (χ4n) is 2.56. The van der Waals surface area contributed by atoms with Gasteiger partial charge in [-0.3, -0.25) is 4.57 Å². The number of hydrogen-bond donors (Lipinski definition) is 0. The number of aryl methyl sites for hydroxylation is 1. The van der Waals surface area contributed by atoms with Crippen molar-refractivity contribution in [2.75, 3.05) is 7.11 Å². The Labute approximate surface area is 178 Å². The number of nitrogens with zero attached hydrogens (tertiary/aromatic N) is 1. The molecule has 0 amide bonds. The number of rotatable bonds is 9. The summed E-state index contributed by atoms with van der Waals surface area (Å²) in [7, 11) is -6.74. The fourth-order valence-corrected chi connectivity index (χ4v) is 6.02. The zero-order valence-electron chi connectivity index (χ0n) is 18.0. The van der Waals surface area contributed by atoms with Crippen LogP contribution in [-0.2, 0) is 23.6 Å². The van der Waals surface area contributed by atoms with Crippen molar-refractivity contribution in [3.05, 3.63) is 59.7 Å². The molecule has 0 fully saturated rings. The Kier molecular flexibility index (Phi) is 7.99. The first-order chi connectivity index (χ1) is 14.0. The highest BCUT2D eigenvalue weighted by Gasteiger charge is 2.37. The molecule has 0 bridgehead atoms. The van der Waals surface area contributed by atoms with E-state index in [0.29, 0.717) is 11.3 Å². The molecule has 0 saturated heterocycles. The molecule has 30 heavy (non-hydrogen) atoms. The predicted molar refractivity (Wildman–Crippen MR) is 118 cm³/mol. The van der Waals surface area contributed by atoms with Gasteiger partial charge in [-0.05, 0) is 71.0 Å². The number of ether oxygens (including phenoxy) is 1. The fraction of sp³-hybridized carbons (Fsp3) is 0.381. The standard InChI is InChI=1S/C21H28NO6PS/c1-15(2)27-29(23,28-16(3)4)21(18-9-11-19(26-6)12-10-18)22-30(24,25)20-13-7-17(5)8-14-20/h7-16H,1-6H3/b22-21+. The van der Waals surface area contributed by atoms with Gasteiger partial charge in [0.25, 0.3) is 10.0 Å². The molecular formula is C21H28NO6PS. The van der Waals surface area contributed by atoms with Gasteiger partial charge >= 0.3 is 7.60 Å². The summed E-state index contributed by atoms with van der Waals surface area (Å²) in [6, 6.07) is 12.6. The van der Waals surface area contributed by atoms with Gasteiger partial charge in [-0.2, -0.15) is 12.8 Å². The molecule has 0 radical (unpaired) electrons. The van der Waals surface area contributed by atoms with E-state index >= 15 is 0 Å². The van der Waals surface area contributed by atoms with Crippen molar-refractivity contribution in [2.24, 2.45) is 4.40 Å². The highest BCUT2D eigenvalue weighted by atomic mass is 32.2. The van der Waals surface area contributed by atoms with Crippen LogP contribution in [0.3, 0.4) is 0 Å². The first kappa shape index (κ1) is 24.3. The molecule has 0 aliphatic carbocycles. The van der Waals surface area contributed by atoms with E-state index in [-0.39, 0.29) is 10.3 Å². The number of methoxy groups -OCH3 is 1. The molecule has 0 N–H and O–H groups in total. The third-order valence-corrected chi connectivity index (χ3v) is 7.53. The van der Waals surface area contributed by atoms with Crippen molar-refractivity contribution in [1.82, 2.24) is 0 Å². The van der Waals surface area contributed by atoms with Crippen LogP contribution in [0.4, 0.5) is 0 Å². The van der Waals surface area contributed by atoms with Gasteiger partial charge in [0.05, 0.1) is 24.2 Å². The van der Waals surface area contributed by atoms with Gasteiger partial charge in [0.1, 0.15) is 5.75 Å². The van der Waals surface area contributed by atoms with Crippen molar-refractivity contribution < 1.29 is 26.8 Å². The molecule has 0 atom stereocenters. The molecule has 164 valence electrons. The maximum absolute atomic E-state index is 13.8. The molecule has 0 saturated carbocycles. The van der Waals surface area contributed by atoms with Crippen LogP contribution in [-0.4, -0.2) is 33.2 Å². The molecule has 0 aromatic heterocycles. The molecular weight excluding hydrogens is 425 g/mol. The molecule has 2 rings (SSSR count). The third-order valence-electron chi connectivity index (χ3n) is 3.83. The third kappa shape index (κ3) is 6.25. The van der Waals surface area contributed by atoms with Gasteiger partial charge in [-0.1, -0.05) is 17.7 Å². The monoisotopic (exact) mass is 453 g/mol. The van der Waals surface area contributed by atoms with E-state index < -0.39 is 29.8 Å². The van der Waals surface area contributed by atoms with Crippen molar-refractivity contribution in [2.45, 2.75) is 51.7 Å². The number of benzene rings is 2. The van der Waals surface area contributed by atoms with Gasteiger partial charge in [0.15, 0.2) is 5.45 Å². The van der Waals surface area contributed by atoms with E-state index in [4.69, 9.17) is 13.8 Å². The molecule has 0 unspecified atom stereocenters. The Bertz CT molecular complexity index is 1010. The summed E-state index contributed by atoms with van der Waals surface area (Å²) in [6.07, 6.45) is -0.972. The number of sulfonamides is 1. The average Bonchev–Trinajstić information content (AvgIpc) is 2.65. The predicted octanol–water partition coefficient (Wildman–Crippen LogP) is 5.18. The van der Waals surface area contributed by atoms with Gasteiger partial charge < -0.3 is 13.8 Å². The summed E-state index contributed by atoms with van der Waals surface area (Å²) in [6.45, 7) is 8.61. The van der Waals surface area contributed by atoms with E-state index in [1.165, 1.54) is 19.2 Å². The maximum atomic E-state index is 13.8. The molecule has 9 heteroatoms. The first-order valence-corrected chi connectivity index (χ1v) is 12.5. The Hall–Kier alpha value is -1.99. The quantitative estimate of drug-likeness (QED) is 0.384. The summed E-state index contributed by atoms with van der Waals surface area (Å²) >= 11 is 0. The Morgan fingerprint density at radius 1 is 0.900 bits per heavy atom. The van der Waals surface area contributed by atoms with Crippen LogP contribution >= 0.6 is 7.60 Å². The molecule has 2 aromatic rings. The van der Waals surface area contributed by atoms with E-state index in [1.54, 1.807) is 64.1 Å². The van der Waals surface area contributed by atoms with Gasteiger partial charge in [-0.25, -0.2) is 0 Å².